The van der Waals surface area contributed by atoms with Gasteiger partial charge in [0.1, 0.15) is 11.4 Å². The number of piperidine rings is 1. The molecule has 1 amide bonds. The quantitative estimate of drug-likeness (QED) is 0.901. The Morgan fingerprint density at radius 1 is 1.27 bits per heavy atom. The summed E-state index contributed by atoms with van der Waals surface area (Å²) in [4.78, 5) is 14.1. The number of carbonyl (C=O) groups is 1. The Kier molecular flexibility index (Phi) is 5.29. The fourth-order valence-electron chi connectivity index (χ4n) is 2.57. The lowest BCUT2D eigenvalue weighted by molar-refractivity contribution is 0.0477. The molecule has 0 atom stereocenters. The Labute approximate surface area is 132 Å². The summed E-state index contributed by atoms with van der Waals surface area (Å²) in [5.74, 6) is 0.295. The van der Waals surface area contributed by atoms with Crippen LogP contribution in [0.3, 0.4) is 0 Å². The largest absolute Gasteiger partial charge is 0.508 e. The van der Waals surface area contributed by atoms with Gasteiger partial charge in [0.15, 0.2) is 0 Å². The van der Waals surface area contributed by atoms with Gasteiger partial charge in [-0.2, -0.15) is 0 Å². The maximum Gasteiger partial charge on any atom is 0.407 e. The zero-order chi connectivity index (χ0) is 16.2. The number of carbonyl (C=O) groups excluding carboxylic acids is 1. The zero-order valence-electron chi connectivity index (χ0n) is 13.6. The molecule has 0 saturated carbocycles. The van der Waals surface area contributed by atoms with Crippen molar-refractivity contribution in [1.82, 2.24) is 10.2 Å². The van der Waals surface area contributed by atoms with Gasteiger partial charge in [0.2, 0.25) is 0 Å². The van der Waals surface area contributed by atoms with Crippen molar-refractivity contribution in [3.05, 3.63) is 29.8 Å². The van der Waals surface area contributed by atoms with Crippen LogP contribution in [0.1, 0.15) is 39.2 Å². The summed E-state index contributed by atoms with van der Waals surface area (Å²) in [7, 11) is 0. The van der Waals surface area contributed by atoms with E-state index in [0.29, 0.717) is 5.75 Å². The summed E-state index contributed by atoms with van der Waals surface area (Å²) < 4.78 is 5.29. The van der Waals surface area contributed by atoms with E-state index in [0.717, 1.165) is 32.5 Å². The van der Waals surface area contributed by atoms with Crippen LogP contribution < -0.4 is 5.32 Å². The van der Waals surface area contributed by atoms with Crippen LogP contribution in [0, 0.1) is 0 Å². The van der Waals surface area contributed by atoms with E-state index in [4.69, 9.17) is 4.74 Å². The van der Waals surface area contributed by atoms with E-state index in [1.54, 1.807) is 12.1 Å². The van der Waals surface area contributed by atoms with E-state index in [2.05, 4.69) is 10.2 Å². The summed E-state index contributed by atoms with van der Waals surface area (Å²) in [5.41, 5.74) is 0.736. The number of nitrogens with zero attached hydrogens (tertiary/aromatic N) is 1. The molecule has 1 heterocycles. The molecule has 22 heavy (non-hydrogen) atoms. The van der Waals surface area contributed by atoms with Crippen molar-refractivity contribution in [2.45, 2.75) is 51.8 Å². The normalized spacial score (nSPS) is 17.2. The summed E-state index contributed by atoms with van der Waals surface area (Å²) in [6, 6.07) is 7.50. The minimum Gasteiger partial charge on any atom is -0.508 e. The number of likely N-dealkylation sites (tertiary alicyclic amines) is 1. The minimum absolute atomic E-state index is 0.186. The predicted molar refractivity (Wildman–Crippen MR) is 85.8 cm³/mol. The van der Waals surface area contributed by atoms with Gasteiger partial charge >= 0.3 is 6.09 Å². The molecule has 0 radical (unpaired) electrons. The fourth-order valence-corrected chi connectivity index (χ4v) is 2.57. The molecule has 0 aromatic heterocycles. The van der Waals surface area contributed by atoms with Crippen LogP contribution >= 0.6 is 0 Å². The molecule has 1 aromatic carbocycles. The van der Waals surface area contributed by atoms with Crippen molar-refractivity contribution in [2.24, 2.45) is 0 Å². The summed E-state index contributed by atoms with van der Waals surface area (Å²) in [6.07, 6.45) is 1.53. The first-order chi connectivity index (χ1) is 10.3. The van der Waals surface area contributed by atoms with Gasteiger partial charge in [0, 0.05) is 25.7 Å². The number of ether oxygens (including phenoxy) is 1. The second-order valence-electron chi connectivity index (χ2n) is 6.86. The van der Waals surface area contributed by atoms with Gasteiger partial charge < -0.3 is 15.2 Å². The molecular weight excluding hydrogens is 280 g/mol. The van der Waals surface area contributed by atoms with E-state index in [1.165, 1.54) is 5.56 Å². The van der Waals surface area contributed by atoms with Gasteiger partial charge in [-0.05, 0) is 51.3 Å². The van der Waals surface area contributed by atoms with Crippen LogP contribution in [0.4, 0.5) is 4.79 Å². The number of phenolic OH excluding ortho intramolecular Hbond substituents is 1. The number of phenols is 1. The van der Waals surface area contributed by atoms with Crippen LogP contribution in [0.25, 0.3) is 0 Å². The average molecular weight is 306 g/mol. The SMILES string of the molecule is CC(C)(C)OC(=O)NC1CCN(Cc2ccc(O)cc2)CC1. The van der Waals surface area contributed by atoms with E-state index < -0.39 is 5.60 Å². The van der Waals surface area contributed by atoms with Crippen molar-refractivity contribution in [2.75, 3.05) is 13.1 Å². The number of hydrogen-bond acceptors (Lipinski definition) is 4. The minimum atomic E-state index is -0.455. The highest BCUT2D eigenvalue weighted by atomic mass is 16.6. The van der Waals surface area contributed by atoms with Crippen molar-refractivity contribution >= 4 is 6.09 Å². The Morgan fingerprint density at radius 3 is 2.41 bits per heavy atom. The van der Waals surface area contributed by atoms with Crippen LogP contribution in [0.15, 0.2) is 24.3 Å². The van der Waals surface area contributed by atoms with Gasteiger partial charge in [-0.3, -0.25) is 4.90 Å². The molecule has 0 spiro atoms. The van der Waals surface area contributed by atoms with Gasteiger partial charge in [-0.1, -0.05) is 12.1 Å². The molecule has 2 N–H and O–H groups in total. The van der Waals surface area contributed by atoms with Crippen molar-refractivity contribution < 1.29 is 14.6 Å². The average Bonchev–Trinajstić information content (AvgIpc) is 2.41. The van der Waals surface area contributed by atoms with E-state index in [-0.39, 0.29) is 12.1 Å². The highest BCUT2D eigenvalue weighted by Gasteiger charge is 2.23. The standard InChI is InChI=1S/C17H26N2O3/c1-17(2,3)22-16(21)18-14-8-10-19(11-9-14)12-13-4-6-15(20)7-5-13/h4-7,14,20H,8-12H2,1-3H3,(H,18,21). The Hall–Kier alpha value is -1.75. The van der Waals surface area contributed by atoms with Crippen molar-refractivity contribution in [3.63, 3.8) is 0 Å². The summed E-state index contributed by atoms with van der Waals surface area (Å²) >= 11 is 0. The van der Waals surface area contributed by atoms with Crippen LogP contribution in [0.2, 0.25) is 0 Å². The molecule has 1 aromatic rings. The number of hydrogen-bond donors (Lipinski definition) is 2. The van der Waals surface area contributed by atoms with Gasteiger partial charge in [-0.15, -0.1) is 0 Å². The zero-order valence-corrected chi connectivity index (χ0v) is 13.6. The molecule has 0 bridgehead atoms. The Bertz CT molecular complexity index is 486. The molecule has 0 aliphatic carbocycles. The molecule has 122 valence electrons. The predicted octanol–water partition coefficient (Wildman–Crippen LogP) is 2.88. The molecule has 1 aliphatic heterocycles. The number of alkyl carbamates (subject to hydrolysis) is 1. The second kappa shape index (κ2) is 7.01. The molecular formula is C17H26N2O3. The maximum absolute atomic E-state index is 11.8. The lowest BCUT2D eigenvalue weighted by atomic mass is 10.0. The van der Waals surface area contributed by atoms with E-state index >= 15 is 0 Å². The third kappa shape index (κ3) is 5.56. The van der Waals surface area contributed by atoms with Gasteiger partial charge in [0.05, 0.1) is 0 Å². The highest BCUT2D eigenvalue weighted by Crippen LogP contribution is 2.16. The molecule has 1 saturated heterocycles. The highest BCUT2D eigenvalue weighted by molar-refractivity contribution is 5.68. The molecule has 0 unspecified atom stereocenters. The third-order valence-electron chi connectivity index (χ3n) is 3.65. The van der Waals surface area contributed by atoms with Gasteiger partial charge in [-0.25, -0.2) is 4.79 Å². The first-order valence-corrected chi connectivity index (χ1v) is 7.81. The number of amides is 1. The summed E-state index contributed by atoms with van der Waals surface area (Å²) in [5, 5.41) is 12.2. The monoisotopic (exact) mass is 306 g/mol. The first-order valence-electron chi connectivity index (χ1n) is 7.81. The number of benzene rings is 1. The Morgan fingerprint density at radius 2 is 1.86 bits per heavy atom. The fraction of sp³-hybridized carbons (Fsp3) is 0.588. The molecule has 5 heteroatoms. The number of aromatic hydroxyl groups is 1. The molecule has 2 rings (SSSR count). The maximum atomic E-state index is 11.8. The smallest absolute Gasteiger partial charge is 0.407 e. The third-order valence-corrected chi connectivity index (χ3v) is 3.65. The van der Waals surface area contributed by atoms with Crippen molar-refractivity contribution in [1.29, 1.82) is 0 Å². The first kappa shape index (κ1) is 16.6. The van der Waals surface area contributed by atoms with Crippen LogP contribution in [0.5, 0.6) is 5.75 Å². The van der Waals surface area contributed by atoms with Gasteiger partial charge in [0.25, 0.3) is 0 Å². The van der Waals surface area contributed by atoms with Crippen molar-refractivity contribution in [3.8, 4) is 5.75 Å². The summed E-state index contributed by atoms with van der Waals surface area (Å²) in [6.45, 7) is 8.37. The molecule has 5 nitrogen and oxygen atoms in total. The van der Waals surface area contributed by atoms with E-state index in [9.17, 15) is 9.90 Å². The topological polar surface area (TPSA) is 61.8 Å². The lowest BCUT2D eigenvalue weighted by Gasteiger charge is -2.32. The van der Waals surface area contributed by atoms with Crippen LogP contribution in [-0.4, -0.2) is 40.8 Å². The number of nitrogens with one attached hydrogen (secondary N) is 1. The Balaban J connectivity index is 1.73. The lowest BCUT2D eigenvalue weighted by Crippen LogP contribution is -2.45. The molecule has 1 fully saturated rings. The number of rotatable bonds is 3. The second-order valence-corrected chi connectivity index (χ2v) is 6.86. The van der Waals surface area contributed by atoms with Crippen LogP contribution in [-0.2, 0) is 11.3 Å². The van der Waals surface area contributed by atoms with E-state index in [1.807, 2.05) is 32.9 Å². The molecule has 1 aliphatic rings.